The summed E-state index contributed by atoms with van der Waals surface area (Å²) >= 11 is 0. The van der Waals surface area contributed by atoms with Crippen molar-refractivity contribution in [2.45, 2.75) is 65.9 Å². The first-order valence-corrected chi connectivity index (χ1v) is 7.82. The van der Waals surface area contributed by atoms with E-state index < -0.39 is 14.6 Å². The minimum absolute atomic E-state index is 0.164. The lowest BCUT2D eigenvalue weighted by molar-refractivity contribution is -0.123. The minimum atomic E-state index is -4.48. The van der Waals surface area contributed by atoms with Gasteiger partial charge in [0.2, 0.25) is 0 Å². The Kier molecular flexibility index (Phi) is 5.62. The molecular weight excluding hydrogens is 224 g/mol. The van der Waals surface area contributed by atoms with Gasteiger partial charge in [0.25, 0.3) is 0 Å². The molecule has 0 aliphatic carbocycles. The third-order valence-electron chi connectivity index (χ3n) is 4.14. The molecule has 16 heavy (non-hydrogen) atoms. The van der Waals surface area contributed by atoms with E-state index >= 15 is 0 Å². The summed E-state index contributed by atoms with van der Waals surface area (Å²) in [6.45, 7) is 10.1. The van der Waals surface area contributed by atoms with E-state index in [1.54, 1.807) is 0 Å². The van der Waals surface area contributed by atoms with Crippen molar-refractivity contribution in [2.24, 2.45) is 5.41 Å². The van der Waals surface area contributed by atoms with Crippen molar-refractivity contribution in [1.82, 2.24) is 0 Å². The van der Waals surface area contributed by atoms with Gasteiger partial charge < -0.3 is 18.8 Å². The normalized spacial score (nSPS) is 14.2. The molecule has 3 N–H and O–H groups in total. The van der Waals surface area contributed by atoms with Gasteiger partial charge in [0.05, 0.1) is 5.60 Å². The van der Waals surface area contributed by atoms with E-state index in [0.29, 0.717) is 12.8 Å². The fourth-order valence-corrected chi connectivity index (χ4v) is 3.59. The van der Waals surface area contributed by atoms with Gasteiger partial charge in [0, 0.05) is 0 Å². The van der Waals surface area contributed by atoms with Crippen LogP contribution in [0.15, 0.2) is 0 Å². The van der Waals surface area contributed by atoms with E-state index in [2.05, 4.69) is 20.8 Å². The molecule has 5 heteroatoms. The van der Waals surface area contributed by atoms with Gasteiger partial charge >= 0.3 is 9.05 Å². The van der Waals surface area contributed by atoms with Gasteiger partial charge in [-0.05, 0) is 31.1 Å². The summed E-state index contributed by atoms with van der Waals surface area (Å²) < 4.78 is 5.28. The highest BCUT2D eigenvalue weighted by atomic mass is 28.4. The Morgan fingerprint density at radius 1 is 0.875 bits per heavy atom. The zero-order valence-corrected chi connectivity index (χ0v) is 12.1. The average molecular weight is 250 g/mol. The average Bonchev–Trinajstić information content (AvgIpc) is 2.23. The molecule has 4 nitrogen and oxygen atoms in total. The zero-order chi connectivity index (χ0) is 13.0. The van der Waals surface area contributed by atoms with Crippen molar-refractivity contribution in [3.63, 3.8) is 0 Å². The van der Waals surface area contributed by atoms with E-state index in [-0.39, 0.29) is 5.41 Å². The van der Waals surface area contributed by atoms with Gasteiger partial charge in [-0.2, -0.15) is 0 Å². The van der Waals surface area contributed by atoms with Crippen molar-refractivity contribution in [3.05, 3.63) is 0 Å². The summed E-state index contributed by atoms with van der Waals surface area (Å²) in [5, 5.41) is 0. The van der Waals surface area contributed by atoms with Gasteiger partial charge in [-0.1, -0.05) is 34.6 Å². The first kappa shape index (κ1) is 16.1. The maximum Gasteiger partial charge on any atom is 0.671 e. The Hall–Kier alpha value is 0.0569. The van der Waals surface area contributed by atoms with Crippen LogP contribution in [0.5, 0.6) is 0 Å². The van der Waals surface area contributed by atoms with Crippen LogP contribution in [-0.4, -0.2) is 29.0 Å². The predicted molar refractivity (Wildman–Crippen MR) is 65.5 cm³/mol. The molecule has 0 fully saturated rings. The lowest BCUT2D eigenvalue weighted by Crippen LogP contribution is -2.56. The third-order valence-corrected chi connectivity index (χ3v) is 4.80. The lowest BCUT2D eigenvalue weighted by atomic mass is 9.67. The second-order valence-electron chi connectivity index (χ2n) is 4.65. The molecule has 0 rings (SSSR count). The van der Waals surface area contributed by atoms with Crippen LogP contribution in [0.2, 0.25) is 0 Å². The largest absolute Gasteiger partial charge is 0.671 e. The van der Waals surface area contributed by atoms with Gasteiger partial charge in [-0.15, -0.1) is 0 Å². The maximum absolute atomic E-state index is 9.20. The Labute approximate surface area is 99.8 Å². The molecule has 0 amide bonds. The molecule has 0 atom stereocenters. The molecule has 0 aliphatic rings. The van der Waals surface area contributed by atoms with E-state index in [1.165, 1.54) is 0 Å². The SMILES string of the molecule is CCC(C)(CC)C(CC)(CC)O[Si](O)(O)O. The van der Waals surface area contributed by atoms with Crippen LogP contribution in [0.3, 0.4) is 0 Å². The van der Waals surface area contributed by atoms with Crippen LogP contribution in [0, 0.1) is 5.41 Å². The van der Waals surface area contributed by atoms with Crippen molar-refractivity contribution >= 4 is 9.05 Å². The summed E-state index contributed by atoms with van der Waals surface area (Å²) in [7, 11) is -4.48. The highest BCUT2D eigenvalue weighted by molar-refractivity contribution is 6.48. The van der Waals surface area contributed by atoms with Crippen LogP contribution in [0.4, 0.5) is 0 Å². The molecule has 98 valence electrons. The quantitative estimate of drug-likeness (QED) is 0.603. The van der Waals surface area contributed by atoms with Crippen LogP contribution in [-0.2, 0) is 4.43 Å². The van der Waals surface area contributed by atoms with Crippen LogP contribution in [0.25, 0.3) is 0 Å². The molecule has 0 unspecified atom stereocenters. The van der Waals surface area contributed by atoms with Crippen molar-refractivity contribution in [2.75, 3.05) is 0 Å². The van der Waals surface area contributed by atoms with Crippen molar-refractivity contribution in [1.29, 1.82) is 0 Å². The monoisotopic (exact) mass is 250 g/mol. The topological polar surface area (TPSA) is 69.9 Å². The van der Waals surface area contributed by atoms with Crippen LogP contribution in [0.1, 0.15) is 60.3 Å². The fraction of sp³-hybridized carbons (Fsp3) is 1.00. The molecule has 0 bridgehead atoms. The first-order chi connectivity index (χ1) is 7.20. The molecule has 0 aromatic rings. The Morgan fingerprint density at radius 3 is 1.44 bits per heavy atom. The summed E-state index contributed by atoms with van der Waals surface area (Å²) in [5.41, 5.74) is -0.829. The van der Waals surface area contributed by atoms with Crippen LogP contribution < -0.4 is 0 Å². The second kappa shape index (κ2) is 5.60. The first-order valence-electron chi connectivity index (χ1n) is 6.07. The minimum Gasteiger partial charge on any atom is -0.368 e. The molecule has 0 aromatic carbocycles. The fourth-order valence-electron chi connectivity index (χ4n) is 2.53. The molecule has 0 saturated carbocycles. The number of hydrogen-bond donors (Lipinski definition) is 3. The predicted octanol–water partition coefficient (Wildman–Crippen LogP) is 1.80. The van der Waals surface area contributed by atoms with E-state index in [1.807, 2.05) is 13.8 Å². The number of rotatable bonds is 7. The molecule has 0 aliphatic heterocycles. The molecule has 0 saturated heterocycles. The second-order valence-corrected chi connectivity index (χ2v) is 6.00. The third kappa shape index (κ3) is 3.27. The highest BCUT2D eigenvalue weighted by Gasteiger charge is 2.50. The van der Waals surface area contributed by atoms with Gasteiger partial charge in [-0.3, -0.25) is 0 Å². The number of hydrogen-bond acceptors (Lipinski definition) is 4. The summed E-state index contributed by atoms with van der Waals surface area (Å²) in [5.74, 6) is 0. The molecule has 0 aromatic heterocycles. The summed E-state index contributed by atoms with van der Waals surface area (Å²) in [6.07, 6.45) is 3.04. The van der Waals surface area contributed by atoms with E-state index in [0.717, 1.165) is 12.8 Å². The molecular formula is C11H26O4Si. The smallest absolute Gasteiger partial charge is 0.368 e. The Morgan fingerprint density at radius 2 is 1.25 bits per heavy atom. The Balaban J connectivity index is 5.23. The van der Waals surface area contributed by atoms with Crippen LogP contribution >= 0.6 is 0 Å². The van der Waals surface area contributed by atoms with Gasteiger partial charge in [0.1, 0.15) is 0 Å². The van der Waals surface area contributed by atoms with E-state index in [4.69, 9.17) is 4.43 Å². The van der Waals surface area contributed by atoms with Crippen molar-refractivity contribution < 1.29 is 18.8 Å². The van der Waals surface area contributed by atoms with Gasteiger partial charge in [0.15, 0.2) is 0 Å². The van der Waals surface area contributed by atoms with E-state index in [9.17, 15) is 14.4 Å². The maximum atomic E-state index is 9.20. The lowest BCUT2D eigenvalue weighted by Gasteiger charge is -2.48. The van der Waals surface area contributed by atoms with Crippen molar-refractivity contribution in [3.8, 4) is 0 Å². The highest BCUT2D eigenvalue weighted by Crippen LogP contribution is 2.45. The summed E-state index contributed by atoms with van der Waals surface area (Å²) in [4.78, 5) is 27.6. The summed E-state index contributed by atoms with van der Waals surface area (Å²) in [6, 6.07) is 0. The molecule has 0 heterocycles. The molecule has 0 radical (unpaired) electrons. The standard InChI is InChI=1S/C11H26O4Si/c1-6-10(5,7-2)11(8-3,9-4)15-16(12,13)14/h12-14H,6-9H2,1-5H3. The van der Waals surface area contributed by atoms with Gasteiger partial charge in [-0.25, -0.2) is 0 Å². The molecule has 0 spiro atoms. The zero-order valence-electron chi connectivity index (χ0n) is 11.1. The Bertz CT molecular complexity index is 205.